The number of hydrogen-bond donors (Lipinski definition) is 3. The van der Waals surface area contributed by atoms with Crippen LogP contribution in [0.3, 0.4) is 0 Å². The first-order valence-corrected chi connectivity index (χ1v) is 5.63. The van der Waals surface area contributed by atoms with Crippen LogP contribution >= 0.6 is 0 Å². The minimum Gasteiger partial charge on any atom is -0.493 e. The zero-order valence-corrected chi connectivity index (χ0v) is 9.58. The lowest BCUT2D eigenvalue weighted by molar-refractivity contribution is 0.434. The number of H-pyrrole nitrogens is 1. The third-order valence-corrected chi connectivity index (χ3v) is 2.70. The summed E-state index contributed by atoms with van der Waals surface area (Å²) in [5, 5.41) is 12.9. The molecule has 1 aliphatic rings. The molecule has 1 aromatic heterocycles. The third kappa shape index (κ3) is 2.41. The summed E-state index contributed by atoms with van der Waals surface area (Å²) >= 11 is 0. The molecule has 0 unspecified atom stereocenters. The van der Waals surface area contributed by atoms with Gasteiger partial charge in [-0.25, -0.2) is 0 Å². The van der Waals surface area contributed by atoms with Gasteiger partial charge in [-0.05, 0) is 18.8 Å². The van der Waals surface area contributed by atoms with Gasteiger partial charge in [0, 0.05) is 6.04 Å². The van der Waals surface area contributed by atoms with Crippen LogP contribution in [0.2, 0.25) is 0 Å². The van der Waals surface area contributed by atoms with Gasteiger partial charge in [0.1, 0.15) is 5.82 Å². The number of nitrogens with one attached hydrogen (secondary N) is 2. The van der Waals surface area contributed by atoms with Gasteiger partial charge < -0.3 is 15.4 Å². The molecule has 1 aromatic rings. The Morgan fingerprint density at radius 2 is 2.25 bits per heavy atom. The van der Waals surface area contributed by atoms with Crippen LogP contribution in [0.5, 0.6) is 5.88 Å². The van der Waals surface area contributed by atoms with Crippen LogP contribution in [0.15, 0.2) is 4.79 Å². The summed E-state index contributed by atoms with van der Waals surface area (Å²) in [5.74, 6) is 0.326. The summed E-state index contributed by atoms with van der Waals surface area (Å²) in [6.07, 6.45) is 2.36. The normalized spacial score (nSPS) is 15.7. The van der Waals surface area contributed by atoms with Gasteiger partial charge in [-0.1, -0.05) is 13.8 Å². The summed E-state index contributed by atoms with van der Waals surface area (Å²) in [5.41, 5.74) is 0.116. The number of aromatic nitrogens is 2. The Bertz CT molecular complexity index is 435. The molecule has 3 N–H and O–H groups in total. The van der Waals surface area contributed by atoms with Crippen molar-refractivity contribution in [2.75, 3.05) is 0 Å². The van der Waals surface area contributed by atoms with E-state index < -0.39 is 0 Å². The van der Waals surface area contributed by atoms with Gasteiger partial charge in [-0.2, -0.15) is 4.98 Å². The smallest absolute Gasteiger partial charge is 0.258 e. The zero-order chi connectivity index (χ0) is 11.7. The Kier molecular flexibility index (Phi) is 2.96. The fraction of sp³-hybridized carbons (Fsp3) is 0.636. The average molecular weight is 223 g/mol. The van der Waals surface area contributed by atoms with Crippen molar-refractivity contribution in [2.45, 2.75) is 45.2 Å². The zero-order valence-electron chi connectivity index (χ0n) is 9.58. The van der Waals surface area contributed by atoms with E-state index in [1.54, 1.807) is 0 Å². The molecule has 88 valence electrons. The molecule has 0 bridgehead atoms. The van der Waals surface area contributed by atoms with Crippen molar-refractivity contribution < 1.29 is 5.11 Å². The molecule has 0 aromatic carbocycles. The molecule has 0 saturated heterocycles. The van der Waals surface area contributed by atoms with Crippen molar-refractivity contribution in [2.24, 2.45) is 0 Å². The van der Waals surface area contributed by atoms with Crippen molar-refractivity contribution in [1.29, 1.82) is 0 Å². The molecular formula is C11H17N3O2. The molecule has 1 saturated carbocycles. The van der Waals surface area contributed by atoms with Gasteiger partial charge in [0.2, 0.25) is 5.88 Å². The fourth-order valence-electron chi connectivity index (χ4n) is 1.65. The molecule has 0 spiro atoms. The predicted molar refractivity (Wildman–Crippen MR) is 60.5 cm³/mol. The van der Waals surface area contributed by atoms with Crippen LogP contribution in [0, 0.1) is 0 Å². The molecule has 0 atom stereocenters. The molecule has 16 heavy (non-hydrogen) atoms. The highest BCUT2D eigenvalue weighted by Crippen LogP contribution is 2.20. The number of aromatic amines is 1. The van der Waals surface area contributed by atoms with E-state index in [0.29, 0.717) is 24.0 Å². The molecule has 2 rings (SSSR count). The summed E-state index contributed by atoms with van der Waals surface area (Å²) in [6.45, 7) is 4.22. The second-order valence-corrected chi connectivity index (χ2v) is 4.56. The lowest BCUT2D eigenvalue weighted by Gasteiger charge is -2.08. The molecule has 1 fully saturated rings. The molecule has 0 amide bonds. The number of aromatic hydroxyl groups is 1. The standard InChI is InChI=1S/C11H17N3O2/c1-6(2)9-10(15)13-8(14-11(9)16)5-12-7-3-4-7/h6-7,12H,3-5H2,1-2H3,(H2,13,14,15,16). The maximum Gasteiger partial charge on any atom is 0.258 e. The highest BCUT2D eigenvalue weighted by Gasteiger charge is 2.21. The second-order valence-electron chi connectivity index (χ2n) is 4.56. The fourth-order valence-corrected chi connectivity index (χ4v) is 1.65. The number of hydrogen-bond acceptors (Lipinski definition) is 4. The maximum atomic E-state index is 11.7. The van der Waals surface area contributed by atoms with E-state index in [1.807, 2.05) is 13.8 Å². The van der Waals surface area contributed by atoms with Gasteiger partial charge >= 0.3 is 0 Å². The van der Waals surface area contributed by atoms with E-state index in [1.165, 1.54) is 12.8 Å². The summed E-state index contributed by atoms with van der Waals surface area (Å²) < 4.78 is 0. The first kappa shape index (κ1) is 11.1. The number of nitrogens with zero attached hydrogens (tertiary/aromatic N) is 1. The number of rotatable bonds is 4. The van der Waals surface area contributed by atoms with Crippen LogP contribution in [0.4, 0.5) is 0 Å². The Balaban J connectivity index is 2.18. The minimum absolute atomic E-state index is 0.0262. The largest absolute Gasteiger partial charge is 0.493 e. The van der Waals surface area contributed by atoms with Crippen LogP contribution < -0.4 is 10.9 Å². The van der Waals surface area contributed by atoms with Gasteiger partial charge in [0.25, 0.3) is 5.56 Å². The molecule has 0 radical (unpaired) electrons. The first-order valence-electron chi connectivity index (χ1n) is 5.63. The minimum atomic E-state index is -0.241. The van der Waals surface area contributed by atoms with Gasteiger partial charge in [-0.3, -0.25) is 4.79 Å². The quantitative estimate of drug-likeness (QED) is 0.707. The predicted octanol–water partition coefficient (Wildman–Crippen LogP) is 0.851. The Labute approximate surface area is 93.9 Å². The lowest BCUT2D eigenvalue weighted by atomic mass is 10.1. The molecule has 5 heteroatoms. The van der Waals surface area contributed by atoms with Crippen molar-refractivity contribution >= 4 is 0 Å². The van der Waals surface area contributed by atoms with E-state index in [9.17, 15) is 9.90 Å². The third-order valence-electron chi connectivity index (χ3n) is 2.70. The lowest BCUT2D eigenvalue weighted by Crippen LogP contribution is -2.23. The van der Waals surface area contributed by atoms with Crippen LogP contribution in [0.1, 0.15) is 44.0 Å². The van der Waals surface area contributed by atoms with Crippen molar-refractivity contribution in [3.05, 3.63) is 21.7 Å². The van der Waals surface area contributed by atoms with Crippen LogP contribution in [-0.4, -0.2) is 21.1 Å². The van der Waals surface area contributed by atoms with Crippen LogP contribution in [0.25, 0.3) is 0 Å². The van der Waals surface area contributed by atoms with Gasteiger partial charge in [0.05, 0.1) is 12.1 Å². The molecule has 0 aliphatic heterocycles. The van der Waals surface area contributed by atoms with E-state index in [0.717, 1.165) is 0 Å². The van der Waals surface area contributed by atoms with E-state index in [-0.39, 0.29) is 17.4 Å². The van der Waals surface area contributed by atoms with Crippen molar-refractivity contribution in [3.63, 3.8) is 0 Å². The Hall–Kier alpha value is -1.36. The second kappa shape index (κ2) is 4.25. The molecule has 5 nitrogen and oxygen atoms in total. The maximum absolute atomic E-state index is 11.7. The Morgan fingerprint density at radius 1 is 1.56 bits per heavy atom. The van der Waals surface area contributed by atoms with Crippen molar-refractivity contribution in [1.82, 2.24) is 15.3 Å². The topological polar surface area (TPSA) is 78.0 Å². The van der Waals surface area contributed by atoms with E-state index in [2.05, 4.69) is 15.3 Å². The van der Waals surface area contributed by atoms with Gasteiger partial charge in [0.15, 0.2) is 0 Å². The molecular weight excluding hydrogens is 206 g/mol. The average Bonchev–Trinajstić information content (AvgIpc) is 2.96. The SMILES string of the molecule is CC(C)c1c(O)nc(CNC2CC2)[nH]c1=O. The van der Waals surface area contributed by atoms with Crippen molar-refractivity contribution in [3.8, 4) is 5.88 Å². The monoisotopic (exact) mass is 223 g/mol. The first-order chi connectivity index (χ1) is 7.58. The van der Waals surface area contributed by atoms with E-state index in [4.69, 9.17) is 0 Å². The highest BCUT2D eigenvalue weighted by atomic mass is 16.3. The van der Waals surface area contributed by atoms with Crippen LogP contribution in [-0.2, 0) is 6.54 Å². The van der Waals surface area contributed by atoms with Gasteiger partial charge in [-0.15, -0.1) is 0 Å². The summed E-state index contributed by atoms with van der Waals surface area (Å²) in [7, 11) is 0. The summed E-state index contributed by atoms with van der Waals surface area (Å²) in [6, 6.07) is 0.553. The van der Waals surface area contributed by atoms with E-state index >= 15 is 0 Å². The summed E-state index contributed by atoms with van der Waals surface area (Å²) in [4.78, 5) is 18.4. The molecule has 1 aliphatic carbocycles. The Morgan fingerprint density at radius 3 is 2.75 bits per heavy atom. The molecule has 1 heterocycles. The highest BCUT2D eigenvalue weighted by molar-refractivity contribution is 5.25.